The van der Waals surface area contributed by atoms with Crippen molar-refractivity contribution in [3.8, 4) is 0 Å². The number of carbonyl (C=O) groups excluding carboxylic acids is 1. The molecule has 25 heavy (non-hydrogen) atoms. The second kappa shape index (κ2) is 6.96. The Labute approximate surface area is 148 Å². The maximum Gasteiger partial charge on any atom is 0.240 e. The Morgan fingerprint density at radius 1 is 1.20 bits per heavy atom. The zero-order valence-electron chi connectivity index (χ0n) is 14.8. The Kier molecular flexibility index (Phi) is 4.53. The van der Waals surface area contributed by atoms with E-state index in [0.29, 0.717) is 6.54 Å². The maximum atomic E-state index is 13.0. The van der Waals surface area contributed by atoms with E-state index in [1.165, 1.54) is 5.56 Å². The van der Waals surface area contributed by atoms with E-state index in [4.69, 9.17) is 0 Å². The highest BCUT2D eigenvalue weighted by Crippen LogP contribution is 2.22. The number of likely N-dealkylation sites (tertiary alicyclic amines) is 1. The van der Waals surface area contributed by atoms with Gasteiger partial charge >= 0.3 is 0 Å². The van der Waals surface area contributed by atoms with E-state index in [2.05, 4.69) is 43.9 Å². The van der Waals surface area contributed by atoms with Crippen LogP contribution in [0.3, 0.4) is 0 Å². The van der Waals surface area contributed by atoms with Crippen molar-refractivity contribution in [1.29, 1.82) is 0 Å². The van der Waals surface area contributed by atoms with Crippen molar-refractivity contribution in [2.24, 2.45) is 0 Å². The van der Waals surface area contributed by atoms with E-state index >= 15 is 0 Å². The van der Waals surface area contributed by atoms with Crippen molar-refractivity contribution in [3.63, 3.8) is 0 Å². The van der Waals surface area contributed by atoms with Gasteiger partial charge in [0.15, 0.2) is 5.82 Å². The minimum Gasteiger partial charge on any atom is -0.337 e. The minimum absolute atomic E-state index is 0.0221. The van der Waals surface area contributed by atoms with Crippen LogP contribution in [-0.2, 0) is 30.8 Å². The zero-order valence-corrected chi connectivity index (χ0v) is 14.8. The molecule has 6 nitrogen and oxygen atoms in total. The average Bonchev–Trinajstić information content (AvgIpc) is 3.34. The molecule has 1 amide bonds. The number of hydrogen-bond acceptors (Lipinski definition) is 4. The quantitative estimate of drug-likeness (QED) is 0.834. The lowest BCUT2D eigenvalue weighted by Crippen LogP contribution is -2.43. The fourth-order valence-electron chi connectivity index (χ4n) is 3.99. The number of rotatable bonds is 5. The van der Waals surface area contributed by atoms with Crippen LogP contribution in [0.2, 0.25) is 0 Å². The van der Waals surface area contributed by atoms with Crippen LogP contribution in [0, 0.1) is 0 Å². The minimum atomic E-state index is -0.0221. The normalized spacial score (nSPS) is 20.0. The van der Waals surface area contributed by atoms with Gasteiger partial charge in [-0.3, -0.25) is 9.69 Å². The third kappa shape index (κ3) is 3.31. The molecule has 0 saturated carbocycles. The molecular formula is C19H25N5O. The summed E-state index contributed by atoms with van der Waals surface area (Å²) in [7, 11) is 1.89. The van der Waals surface area contributed by atoms with Gasteiger partial charge in [0.1, 0.15) is 5.82 Å². The smallest absolute Gasteiger partial charge is 0.240 e. The SMILES string of the molecule is CN(Cc1nnc2n1CCC2)C(=O)[C@H]1CCCN1Cc1ccccc1. The lowest BCUT2D eigenvalue weighted by Gasteiger charge is -2.27. The third-order valence-electron chi connectivity index (χ3n) is 5.32. The lowest BCUT2D eigenvalue weighted by molar-refractivity contribution is -0.135. The second-order valence-electron chi connectivity index (χ2n) is 7.10. The highest BCUT2D eigenvalue weighted by atomic mass is 16.2. The first-order valence-electron chi connectivity index (χ1n) is 9.16. The predicted molar refractivity (Wildman–Crippen MR) is 94.7 cm³/mol. The molecule has 0 unspecified atom stereocenters. The van der Waals surface area contributed by atoms with E-state index in [9.17, 15) is 4.79 Å². The van der Waals surface area contributed by atoms with Crippen molar-refractivity contribution >= 4 is 5.91 Å². The number of fused-ring (bicyclic) bond motifs is 1. The van der Waals surface area contributed by atoms with E-state index in [0.717, 1.165) is 57.0 Å². The third-order valence-corrected chi connectivity index (χ3v) is 5.32. The van der Waals surface area contributed by atoms with Crippen molar-refractivity contribution in [1.82, 2.24) is 24.6 Å². The van der Waals surface area contributed by atoms with Crippen LogP contribution in [0.15, 0.2) is 30.3 Å². The molecule has 1 aromatic carbocycles. The van der Waals surface area contributed by atoms with Crippen LogP contribution in [0.4, 0.5) is 0 Å². The zero-order chi connectivity index (χ0) is 17.2. The Hall–Kier alpha value is -2.21. The van der Waals surface area contributed by atoms with Gasteiger partial charge in [-0.15, -0.1) is 10.2 Å². The number of nitrogens with zero attached hydrogens (tertiary/aromatic N) is 5. The molecule has 0 bridgehead atoms. The summed E-state index contributed by atoms with van der Waals surface area (Å²) in [6, 6.07) is 10.4. The van der Waals surface area contributed by atoms with Crippen LogP contribution in [-0.4, -0.2) is 50.1 Å². The summed E-state index contributed by atoms with van der Waals surface area (Å²) in [5, 5.41) is 8.52. The molecule has 3 heterocycles. The summed E-state index contributed by atoms with van der Waals surface area (Å²) in [5.74, 6) is 2.17. The number of likely N-dealkylation sites (N-methyl/N-ethyl adjacent to an activating group) is 1. The molecule has 0 spiro atoms. The number of aromatic nitrogens is 3. The van der Waals surface area contributed by atoms with Gasteiger partial charge in [-0.2, -0.15) is 0 Å². The molecule has 2 aliphatic rings. The number of aryl methyl sites for hydroxylation is 1. The molecule has 1 saturated heterocycles. The van der Waals surface area contributed by atoms with Gasteiger partial charge in [-0.25, -0.2) is 0 Å². The number of benzene rings is 1. The summed E-state index contributed by atoms with van der Waals surface area (Å²) >= 11 is 0. The van der Waals surface area contributed by atoms with Crippen molar-refractivity contribution in [2.45, 2.75) is 51.4 Å². The predicted octanol–water partition coefficient (Wildman–Crippen LogP) is 1.85. The first-order valence-corrected chi connectivity index (χ1v) is 9.16. The van der Waals surface area contributed by atoms with Crippen LogP contribution in [0.25, 0.3) is 0 Å². The molecule has 0 N–H and O–H groups in total. The van der Waals surface area contributed by atoms with E-state index < -0.39 is 0 Å². The van der Waals surface area contributed by atoms with Gasteiger partial charge in [0.25, 0.3) is 0 Å². The number of amides is 1. The molecule has 6 heteroatoms. The summed E-state index contributed by atoms with van der Waals surface area (Å²) in [6.07, 6.45) is 4.15. The highest BCUT2D eigenvalue weighted by Gasteiger charge is 2.33. The van der Waals surface area contributed by atoms with Crippen LogP contribution >= 0.6 is 0 Å². The van der Waals surface area contributed by atoms with Gasteiger partial charge in [0.2, 0.25) is 5.91 Å². The Morgan fingerprint density at radius 3 is 2.88 bits per heavy atom. The van der Waals surface area contributed by atoms with Gasteiger partial charge in [0.05, 0.1) is 12.6 Å². The van der Waals surface area contributed by atoms with E-state index in [1.54, 1.807) is 0 Å². The molecular weight excluding hydrogens is 314 g/mol. The molecule has 1 aromatic heterocycles. The molecule has 132 valence electrons. The van der Waals surface area contributed by atoms with Crippen LogP contribution < -0.4 is 0 Å². The first kappa shape index (κ1) is 16.3. The van der Waals surface area contributed by atoms with Gasteiger partial charge < -0.3 is 9.47 Å². The summed E-state index contributed by atoms with van der Waals surface area (Å²) < 4.78 is 2.17. The standard InChI is InChI=1S/C19H25N5O/c1-22(14-18-21-20-17-10-6-12-24(17)18)19(25)16-9-5-11-23(16)13-15-7-3-2-4-8-15/h2-4,7-8,16H,5-6,9-14H2,1H3/t16-/m1/s1. The number of carbonyl (C=O) groups is 1. The molecule has 4 rings (SSSR count). The Morgan fingerprint density at radius 2 is 2.04 bits per heavy atom. The highest BCUT2D eigenvalue weighted by molar-refractivity contribution is 5.81. The van der Waals surface area contributed by atoms with Crippen molar-refractivity contribution in [2.75, 3.05) is 13.6 Å². The Balaban J connectivity index is 1.42. The molecule has 2 aliphatic heterocycles. The van der Waals surface area contributed by atoms with Gasteiger partial charge in [-0.1, -0.05) is 30.3 Å². The molecule has 0 radical (unpaired) electrons. The van der Waals surface area contributed by atoms with Crippen LogP contribution in [0.1, 0.15) is 36.5 Å². The first-order chi connectivity index (χ1) is 12.2. The molecule has 2 aromatic rings. The van der Waals surface area contributed by atoms with E-state index in [1.807, 2.05) is 18.0 Å². The molecule has 1 atom stereocenters. The summed E-state index contributed by atoms with van der Waals surface area (Å²) in [4.78, 5) is 17.1. The lowest BCUT2D eigenvalue weighted by atomic mass is 10.1. The average molecular weight is 339 g/mol. The summed E-state index contributed by atoms with van der Waals surface area (Å²) in [5.41, 5.74) is 1.26. The monoisotopic (exact) mass is 339 g/mol. The fourth-order valence-corrected chi connectivity index (χ4v) is 3.99. The molecule has 0 aliphatic carbocycles. The Bertz CT molecular complexity index is 742. The summed E-state index contributed by atoms with van der Waals surface area (Å²) in [6.45, 7) is 3.34. The van der Waals surface area contributed by atoms with Crippen LogP contribution in [0.5, 0.6) is 0 Å². The molecule has 1 fully saturated rings. The largest absolute Gasteiger partial charge is 0.337 e. The van der Waals surface area contributed by atoms with Crippen molar-refractivity contribution < 1.29 is 4.79 Å². The van der Waals surface area contributed by atoms with E-state index in [-0.39, 0.29) is 11.9 Å². The maximum absolute atomic E-state index is 13.0. The topological polar surface area (TPSA) is 54.3 Å². The second-order valence-corrected chi connectivity index (χ2v) is 7.10. The number of hydrogen-bond donors (Lipinski definition) is 0. The fraction of sp³-hybridized carbons (Fsp3) is 0.526. The van der Waals surface area contributed by atoms with Gasteiger partial charge in [0, 0.05) is 26.6 Å². The van der Waals surface area contributed by atoms with Gasteiger partial charge in [-0.05, 0) is 31.4 Å². The van der Waals surface area contributed by atoms with Crippen molar-refractivity contribution in [3.05, 3.63) is 47.5 Å².